The number of nitrogens with one attached hydrogen (secondary N) is 3. The topological polar surface area (TPSA) is 182 Å². The molecule has 2 aromatic rings. The van der Waals surface area contributed by atoms with Gasteiger partial charge in [-0.3, -0.25) is 19.1 Å². The van der Waals surface area contributed by atoms with E-state index >= 15 is 0 Å². The zero-order chi connectivity index (χ0) is 38.0. The maximum atomic E-state index is 14.5. The van der Waals surface area contributed by atoms with E-state index in [4.69, 9.17) is 14.2 Å². The molecule has 4 heterocycles. The van der Waals surface area contributed by atoms with Gasteiger partial charge in [0.2, 0.25) is 27.7 Å². The number of carbonyl (C=O) groups is 4. The molecule has 15 heteroatoms. The van der Waals surface area contributed by atoms with Crippen LogP contribution in [0.3, 0.4) is 0 Å². The first kappa shape index (κ1) is 37.6. The molecule has 5 bridgehead atoms. The van der Waals surface area contributed by atoms with Crippen LogP contribution in [0.1, 0.15) is 83.1 Å². The molecule has 1 aromatic carbocycles. The second-order valence-corrected chi connectivity index (χ2v) is 17.3. The molecule has 3 N–H and O–H groups in total. The second kappa shape index (κ2) is 15.6. The molecule has 14 nitrogen and oxygen atoms in total. The van der Waals surface area contributed by atoms with Crippen LogP contribution in [0.2, 0.25) is 0 Å². The summed E-state index contributed by atoms with van der Waals surface area (Å²) < 4.78 is 45.7. The molecule has 3 fully saturated rings. The summed E-state index contributed by atoms with van der Waals surface area (Å²) in [6.45, 7) is 2.15. The minimum atomic E-state index is -3.89. The average Bonchev–Trinajstić information content (AvgIpc) is 4.07. The fourth-order valence-electron chi connectivity index (χ4n) is 7.67. The number of carbonyl (C=O) groups excluding carboxylic acids is 4. The molecule has 4 amide bonds. The number of hydrogen-bond acceptors (Lipinski definition) is 10. The predicted octanol–water partition coefficient (Wildman–Crippen LogP) is 4.13. The Morgan fingerprint density at radius 2 is 1.91 bits per heavy atom. The molecule has 54 heavy (non-hydrogen) atoms. The third-order valence-corrected chi connectivity index (χ3v) is 12.9. The van der Waals surface area contributed by atoms with Crippen molar-refractivity contribution in [2.75, 3.05) is 20.3 Å². The number of nitrogens with zero attached hydrogens (tertiary/aromatic N) is 2. The number of cyclic esters (lactones) is 1. The Morgan fingerprint density at radius 3 is 2.70 bits per heavy atom. The number of amides is 4. The van der Waals surface area contributed by atoms with E-state index in [-0.39, 0.29) is 31.9 Å². The van der Waals surface area contributed by atoms with E-state index in [0.717, 1.165) is 42.0 Å². The largest absolute Gasteiger partial charge is 0.496 e. The number of ether oxygens (including phenoxy) is 3. The highest BCUT2D eigenvalue weighted by Crippen LogP contribution is 2.46. The van der Waals surface area contributed by atoms with Gasteiger partial charge >= 0.3 is 6.09 Å². The van der Waals surface area contributed by atoms with Gasteiger partial charge in [0.25, 0.3) is 5.91 Å². The van der Waals surface area contributed by atoms with Crippen LogP contribution in [-0.2, 0) is 29.1 Å². The quantitative estimate of drug-likeness (QED) is 0.383. The molecule has 6 atom stereocenters. The van der Waals surface area contributed by atoms with Crippen LogP contribution in [0, 0.1) is 11.8 Å². The van der Waals surface area contributed by atoms with Crippen molar-refractivity contribution in [3.63, 3.8) is 0 Å². The van der Waals surface area contributed by atoms with E-state index in [0.29, 0.717) is 43.7 Å². The Balaban J connectivity index is 1.24. The van der Waals surface area contributed by atoms with Crippen LogP contribution in [0.5, 0.6) is 11.6 Å². The second-order valence-electron chi connectivity index (χ2n) is 15.3. The van der Waals surface area contributed by atoms with Gasteiger partial charge in [0.1, 0.15) is 29.5 Å². The molecule has 7 rings (SSSR count). The van der Waals surface area contributed by atoms with Crippen LogP contribution >= 0.6 is 0 Å². The first-order valence-electron chi connectivity index (χ1n) is 19.1. The Morgan fingerprint density at radius 1 is 1.07 bits per heavy atom. The SMILES string of the molecule is COc1cc2ccnc3c2cc1/C=C/CC[C@H](C)COC(=O)N[C@H]1CCCCC/C=C\[C@H]2C[C@@]2(C(=O)NS(=O)(=O)C2CC2)NC(=O)[C@@H]2C[C@H](CN2C1=O)O3. The van der Waals surface area contributed by atoms with Crippen molar-refractivity contribution in [3.8, 4) is 11.6 Å². The Labute approximate surface area is 315 Å². The molecular weight excluding hydrogens is 715 g/mol. The van der Waals surface area contributed by atoms with Crippen LogP contribution < -0.4 is 24.8 Å². The lowest BCUT2D eigenvalue weighted by molar-refractivity contribution is -0.141. The molecule has 0 unspecified atom stereocenters. The number of hydrogen-bond donors (Lipinski definition) is 3. The summed E-state index contributed by atoms with van der Waals surface area (Å²) in [7, 11) is -2.28. The van der Waals surface area contributed by atoms with Gasteiger partial charge < -0.3 is 29.7 Å². The maximum absolute atomic E-state index is 14.5. The van der Waals surface area contributed by atoms with Gasteiger partial charge in [-0.05, 0) is 80.9 Å². The monoisotopic (exact) mass is 763 g/mol. The average molecular weight is 764 g/mol. The molecule has 3 aliphatic heterocycles. The summed E-state index contributed by atoms with van der Waals surface area (Å²) in [5.41, 5.74) is -0.673. The van der Waals surface area contributed by atoms with E-state index in [1.165, 1.54) is 4.90 Å². The van der Waals surface area contributed by atoms with E-state index in [1.807, 2.05) is 49.4 Å². The number of allylic oxidation sites excluding steroid dienone is 2. The summed E-state index contributed by atoms with van der Waals surface area (Å²) >= 11 is 0. The number of pyridine rings is 1. The number of alkyl carbamates (subject to hydrolysis) is 1. The molecular formula is C39H49N5O9S. The van der Waals surface area contributed by atoms with Gasteiger partial charge in [-0.1, -0.05) is 44.1 Å². The Bertz CT molecular complexity index is 1960. The summed E-state index contributed by atoms with van der Waals surface area (Å²) in [4.78, 5) is 61.7. The van der Waals surface area contributed by atoms with Crippen LogP contribution in [-0.4, -0.2) is 91.4 Å². The van der Waals surface area contributed by atoms with E-state index in [1.54, 1.807) is 13.3 Å². The molecule has 5 aliphatic rings. The van der Waals surface area contributed by atoms with Crippen molar-refractivity contribution >= 4 is 50.7 Å². The molecule has 0 spiro atoms. The number of methoxy groups -OCH3 is 1. The number of fused-ring (bicyclic) bond motifs is 4. The lowest BCUT2D eigenvalue weighted by atomic mass is 10.0. The minimum absolute atomic E-state index is 0.000745. The fraction of sp³-hybridized carbons (Fsp3) is 0.564. The standard InChI is InChI=1S/C39H49N5O9S/c1-24-10-8-9-11-26-18-30-25(19-33(26)51-2)16-17-40-35(30)53-28-20-32-34(45)42-39(37(47)43-54(49,50)29-14-15-29)21-27(39)12-6-4-3-5-7-13-31(36(46)44(32)22-28)41-38(48)52-23-24/h6,9,11-12,16-19,24,27-29,31-32H,3-5,7-8,10,13-15,20-23H2,1-2H3,(H,41,48)(H,42,45)(H,43,47)/b11-9+,12-6-/t24-,27-,28+,31-,32-,39+/m0/s1. The van der Waals surface area contributed by atoms with E-state index < -0.39 is 68.7 Å². The zero-order valence-corrected chi connectivity index (χ0v) is 31.6. The maximum Gasteiger partial charge on any atom is 0.407 e. The van der Waals surface area contributed by atoms with Gasteiger partial charge in [-0.25, -0.2) is 18.2 Å². The number of aromatic nitrogens is 1. The van der Waals surface area contributed by atoms with Crippen molar-refractivity contribution in [1.82, 2.24) is 25.2 Å². The Hall–Kier alpha value is -4.66. The first-order chi connectivity index (χ1) is 26.0. The van der Waals surface area contributed by atoms with E-state index in [9.17, 15) is 27.6 Å². The highest BCUT2D eigenvalue weighted by atomic mass is 32.2. The van der Waals surface area contributed by atoms with E-state index in [2.05, 4.69) is 20.3 Å². The first-order valence-corrected chi connectivity index (χ1v) is 20.6. The molecule has 2 saturated carbocycles. The molecule has 2 aliphatic carbocycles. The predicted molar refractivity (Wildman–Crippen MR) is 200 cm³/mol. The summed E-state index contributed by atoms with van der Waals surface area (Å²) in [5, 5.41) is 6.61. The van der Waals surface area contributed by atoms with Crippen molar-refractivity contribution < 1.29 is 41.8 Å². The highest BCUT2D eigenvalue weighted by Gasteiger charge is 2.62. The lowest BCUT2D eigenvalue weighted by Gasteiger charge is -2.29. The highest BCUT2D eigenvalue weighted by molar-refractivity contribution is 7.91. The van der Waals surface area contributed by atoms with Gasteiger partial charge in [0.15, 0.2) is 0 Å². The van der Waals surface area contributed by atoms with Crippen LogP contribution in [0.15, 0.2) is 42.6 Å². The minimum Gasteiger partial charge on any atom is -0.496 e. The van der Waals surface area contributed by atoms with Gasteiger partial charge in [0, 0.05) is 29.5 Å². The molecule has 1 saturated heterocycles. The Kier molecular flexibility index (Phi) is 10.9. The number of benzene rings is 1. The number of sulfonamides is 1. The third kappa shape index (κ3) is 8.20. The normalized spacial score (nSPS) is 30.8. The fourth-order valence-corrected chi connectivity index (χ4v) is 9.04. The van der Waals surface area contributed by atoms with Gasteiger partial charge in [0.05, 0.1) is 25.5 Å². The van der Waals surface area contributed by atoms with Crippen LogP contribution in [0.4, 0.5) is 4.79 Å². The molecule has 1 aromatic heterocycles. The van der Waals surface area contributed by atoms with Gasteiger partial charge in [-0.2, -0.15) is 0 Å². The summed E-state index contributed by atoms with van der Waals surface area (Å²) in [5.74, 6) is -1.24. The summed E-state index contributed by atoms with van der Waals surface area (Å²) in [6, 6.07) is 3.63. The summed E-state index contributed by atoms with van der Waals surface area (Å²) in [6.07, 6.45) is 14.0. The van der Waals surface area contributed by atoms with Crippen molar-refractivity contribution in [3.05, 3.63) is 48.2 Å². The zero-order valence-electron chi connectivity index (χ0n) is 30.8. The van der Waals surface area contributed by atoms with Gasteiger partial charge in [-0.15, -0.1) is 0 Å². The third-order valence-electron chi connectivity index (χ3n) is 11.1. The van der Waals surface area contributed by atoms with Crippen molar-refractivity contribution in [1.29, 1.82) is 0 Å². The molecule has 0 radical (unpaired) electrons. The number of rotatable bonds is 4. The molecule has 290 valence electrons. The smallest absolute Gasteiger partial charge is 0.407 e. The van der Waals surface area contributed by atoms with Crippen LogP contribution in [0.25, 0.3) is 16.8 Å². The lowest BCUT2D eigenvalue weighted by Crippen LogP contribution is -2.58. The van der Waals surface area contributed by atoms with Crippen molar-refractivity contribution in [2.45, 2.75) is 107 Å². The van der Waals surface area contributed by atoms with Crippen molar-refractivity contribution in [2.24, 2.45) is 11.8 Å².